The predicted molar refractivity (Wildman–Crippen MR) is 63.0 cm³/mol. The number of ether oxygens (including phenoxy) is 1. The van der Waals surface area contributed by atoms with Gasteiger partial charge < -0.3 is 15.0 Å². The molecule has 98 valence electrons. The van der Waals surface area contributed by atoms with E-state index in [1.165, 1.54) is 6.33 Å². The van der Waals surface area contributed by atoms with Crippen molar-refractivity contribution in [2.24, 2.45) is 5.92 Å². The van der Waals surface area contributed by atoms with Crippen LogP contribution in [0.5, 0.6) is 0 Å². The Hall–Kier alpha value is -1.47. The third-order valence-electron chi connectivity index (χ3n) is 3.87. The van der Waals surface area contributed by atoms with E-state index < -0.39 is 0 Å². The van der Waals surface area contributed by atoms with Gasteiger partial charge in [-0.25, -0.2) is 4.98 Å². The highest BCUT2D eigenvalue weighted by Gasteiger charge is 2.55. The first-order valence-corrected chi connectivity index (χ1v) is 6.12. The maximum Gasteiger partial charge on any atom is 0.288 e. The topological polar surface area (TPSA) is 83.1 Å². The molecule has 1 saturated carbocycles. The highest BCUT2D eigenvalue weighted by molar-refractivity contribution is 5.90. The van der Waals surface area contributed by atoms with E-state index in [1.807, 2.05) is 14.1 Å². The predicted octanol–water partition coefficient (Wildman–Crippen LogP) is -0.748. The first kappa shape index (κ1) is 11.6. The number of aromatic nitrogens is 3. The summed E-state index contributed by atoms with van der Waals surface area (Å²) in [5.41, 5.74) is 0. The Morgan fingerprint density at radius 3 is 3.11 bits per heavy atom. The van der Waals surface area contributed by atoms with Gasteiger partial charge in [-0.3, -0.25) is 9.89 Å². The number of hydrogen-bond donors (Lipinski definition) is 2. The minimum absolute atomic E-state index is 0.130. The normalized spacial score (nSPS) is 34.2. The number of rotatable bonds is 3. The smallest absolute Gasteiger partial charge is 0.288 e. The summed E-state index contributed by atoms with van der Waals surface area (Å²) in [6, 6.07) is 0.370. The third kappa shape index (κ3) is 1.70. The number of H-pyrrole nitrogens is 1. The molecule has 1 aromatic rings. The van der Waals surface area contributed by atoms with E-state index in [4.69, 9.17) is 4.74 Å². The van der Waals surface area contributed by atoms with Gasteiger partial charge in [-0.05, 0) is 20.5 Å². The number of nitrogens with zero attached hydrogens (tertiary/aromatic N) is 3. The molecule has 1 aromatic heterocycles. The van der Waals surface area contributed by atoms with E-state index in [9.17, 15) is 4.79 Å². The van der Waals surface area contributed by atoms with Crippen molar-refractivity contribution in [2.45, 2.75) is 24.6 Å². The van der Waals surface area contributed by atoms with Crippen molar-refractivity contribution in [3.8, 4) is 0 Å². The molecular weight excluding hydrogens is 234 g/mol. The first-order valence-electron chi connectivity index (χ1n) is 6.12. The van der Waals surface area contributed by atoms with Gasteiger partial charge in [0.15, 0.2) is 0 Å². The minimum Gasteiger partial charge on any atom is -0.376 e. The van der Waals surface area contributed by atoms with Crippen LogP contribution in [-0.2, 0) is 4.74 Å². The molecule has 1 aliphatic carbocycles. The van der Waals surface area contributed by atoms with Gasteiger partial charge in [0.25, 0.3) is 5.91 Å². The van der Waals surface area contributed by atoms with Gasteiger partial charge in [0, 0.05) is 12.5 Å². The monoisotopic (exact) mass is 251 g/mol. The van der Waals surface area contributed by atoms with Crippen LogP contribution in [-0.4, -0.2) is 64.9 Å². The fourth-order valence-electron chi connectivity index (χ4n) is 3.02. The Bertz CT molecular complexity index is 433. The number of likely N-dealkylation sites (N-methyl/N-ethyl adjacent to an activating group) is 1. The number of amides is 1. The Labute approximate surface area is 105 Å². The van der Waals surface area contributed by atoms with E-state index in [0.717, 1.165) is 13.0 Å². The van der Waals surface area contributed by atoms with Crippen LogP contribution in [0.4, 0.5) is 0 Å². The number of fused-ring (bicyclic) bond motifs is 1. The van der Waals surface area contributed by atoms with Crippen molar-refractivity contribution >= 4 is 5.91 Å². The SMILES string of the molecule is CN(C)[C@@H]1[C@@H](NC(=O)c2ncn[nH]2)[C@H]2CCO[C@H]21. The Morgan fingerprint density at radius 1 is 1.61 bits per heavy atom. The van der Waals surface area contributed by atoms with Crippen LogP contribution in [0.15, 0.2) is 6.33 Å². The summed E-state index contributed by atoms with van der Waals surface area (Å²) in [6.07, 6.45) is 2.59. The molecule has 1 amide bonds. The van der Waals surface area contributed by atoms with Gasteiger partial charge in [-0.15, -0.1) is 0 Å². The van der Waals surface area contributed by atoms with E-state index in [2.05, 4.69) is 25.4 Å². The average Bonchev–Trinajstić information content (AvgIpc) is 2.93. The van der Waals surface area contributed by atoms with Gasteiger partial charge in [0.1, 0.15) is 6.33 Å². The maximum atomic E-state index is 12.0. The minimum atomic E-state index is -0.199. The molecule has 1 aliphatic heterocycles. The van der Waals surface area contributed by atoms with Crippen LogP contribution >= 0.6 is 0 Å². The lowest BCUT2D eigenvalue weighted by Gasteiger charge is -2.50. The highest BCUT2D eigenvalue weighted by atomic mass is 16.5. The second-order valence-corrected chi connectivity index (χ2v) is 5.08. The number of nitrogens with one attached hydrogen (secondary N) is 2. The van der Waals surface area contributed by atoms with Gasteiger partial charge in [-0.1, -0.05) is 0 Å². The van der Waals surface area contributed by atoms with Crippen LogP contribution in [0.1, 0.15) is 17.0 Å². The summed E-state index contributed by atoms with van der Waals surface area (Å²) < 4.78 is 5.70. The second-order valence-electron chi connectivity index (χ2n) is 5.08. The maximum absolute atomic E-state index is 12.0. The van der Waals surface area contributed by atoms with E-state index in [0.29, 0.717) is 5.92 Å². The van der Waals surface area contributed by atoms with Crippen molar-refractivity contribution in [3.63, 3.8) is 0 Å². The van der Waals surface area contributed by atoms with Gasteiger partial charge in [-0.2, -0.15) is 5.10 Å². The fraction of sp³-hybridized carbons (Fsp3) is 0.727. The van der Waals surface area contributed by atoms with Crippen LogP contribution in [0, 0.1) is 5.92 Å². The van der Waals surface area contributed by atoms with Crippen molar-refractivity contribution in [1.82, 2.24) is 25.4 Å². The van der Waals surface area contributed by atoms with Crippen LogP contribution in [0.2, 0.25) is 0 Å². The molecule has 18 heavy (non-hydrogen) atoms. The molecule has 0 bridgehead atoms. The molecule has 2 aliphatic rings. The lowest BCUT2D eigenvalue weighted by Crippen LogP contribution is -2.69. The molecule has 7 nitrogen and oxygen atoms in total. The molecule has 2 fully saturated rings. The number of aromatic amines is 1. The van der Waals surface area contributed by atoms with Crippen LogP contribution in [0.3, 0.4) is 0 Å². The second kappa shape index (κ2) is 4.33. The summed E-state index contributed by atoms with van der Waals surface area (Å²) in [6.45, 7) is 0.786. The summed E-state index contributed by atoms with van der Waals surface area (Å²) in [5.74, 6) is 0.480. The van der Waals surface area contributed by atoms with Crippen molar-refractivity contribution in [1.29, 1.82) is 0 Å². The molecule has 2 heterocycles. The summed E-state index contributed by atoms with van der Waals surface area (Å²) in [4.78, 5) is 17.9. The van der Waals surface area contributed by atoms with Gasteiger partial charge >= 0.3 is 0 Å². The Kier molecular flexibility index (Phi) is 2.79. The summed E-state index contributed by atoms with van der Waals surface area (Å²) in [7, 11) is 4.02. The fourth-order valence-corrected chi connectivity index (χ4v) is 3.02. The number of carbonyl (C=O) groups is 1. The van der Waals surface area contributed by atoms with Gasteiger partial charge in [0.2, 0.25) is 5.82 Å². The summed E-state index contributed by atoms with van der Waals surface area (Å²) >= 11 is 0. The van der Waals surface area contributed by atoms with E-state index in [1.54, 1.807) is 0 Å². The zero-order valence-electron chi connectivity index (χ0n) is 10.5. The van der Waals surface area contributed by atoms with Crippen LogP contribution in [0.25, 0.3) is 0 Å². The lowest BCUT2D eigenvalue weighted by molar-refractivity contribution is -0.0664. The molecule has 1 saturated heterocycles. The number of carbonyl (C=O) groups excluding carboxylic acids is 1. The molecule has 4 atom stereocenters. The molecule has 0 spiro atoms. The molecule has 3 rings (SSSR count). The molecular formula is C11H17N5O2. The zero-order valence-corrected chi connectivity index (χ0v) is 10.5. The van der Waals surface area contributed by atoms with E-state index in [-0.39, 0.29) is 29.9 Å². The first-order chi connectivity index (χ1) is 8.68. The highest BCUT2D eigenvalue weighted by Crippen LogP contribution is 2.41. The van der Waals surface area contributed by atoms with Crippen molar-refractivity contribution in [3.05, 3.63) is 12.2 Å². The quantitative estimate of drug-likeness (QED) is 0.738. The lowest BCUT2D eigenvalue weighted by atomic mass is 9.71. The molecule has 0 aromatic carbocycles. The van der Waals surface area contributed by atoms with Crippen molar-refractivity contribution < 1.29 is 9.53 Å². The zero-order chi connectivity index (χ0) is 12.7. The Balaban J connectivity index is 1.70. The largest absolute Gasteiger partial charge is 0.376 e. The third-order valence-corrected chi connectivity index (χ3v) is 3.87. The van der Waals surface area contributed by atoms with Gasteiger partial charge in [0.05, 0.1) is 18.2 Å². The van der Waals surface area contributed by atoms with E-state index >= 15 is 0 Å². The van der Waals surface area contributed by atoms with Crippen molar-refractivity contribution in [2.75, 3.05) is 20.7 Å². The molecule has 0 unspecified atom stereocenters. The average molecular weight is 251 g/mol. The molecule has 0 radical (unpaired) electrons. The molecule has 2 N–H and O–H groups in total. The summed E-state index contributed by atoms with van der Waals surface area (Å²) in [5, 5.41) is 9.29. The standard InChI is InChI=1S/C11H17N5O2/c1-16(2)8-7(6-3-4-18-9(6)8)14-11(17)10-12-5-13-15-10/h5-9H,3-4H2,1-2H3,(H,14,17)(H,12,13,15)/t6-,7+,8-,9-/m1/s1. The Morgan fingerprint density at radius 2 is 2.44 bits per heavy atom. The van der Waals surface area contributed by atoms with Crippen LogP contribution < -0.4 is 5.32 Å². The number of hydrogen-bond acceptors (Lipinski definition) is 5. The molecule has 7 heteroatoms.